The van der Waals surface area contributed by atoms with Gasteiger partial charge in [-0.05, 0) is 31.0 Å². The predicted molar refractivity (Wildman–Crippen MR) is 76.5 cm³/mol. The Morgan fingerprint density at radius 1 is 1.05 bits per heavy atom. The molecule has 0 aliphatic heterocycles. The van der Waals surface area contributed by atoms with E-state index in [9.17, 15) is 0 Å². The van der Waals surface area contributed by atoms with E-state index < -0.39 is 0 Å². The van der Waals surface area contributed by atoms with Crippen molar-refractivity contribution in [2.45, 2.75) is 44.6 Å². The van der Waals surface area contributed by atoms with Gasteiger partial charge in [0.2, 0.25) is 0 Å². The Kier molecular flexibility index (Phi) is 3.77. The summed E-state index contributed by atoms with van der Waals surface area (Å²) in [4.78, 5) is 4.45. The van der Waals surface area contributed by atoms with Gasteiger partial charge in [0.1, 0.15) is 0 Å². The van der Waals surface area contributed by atoms with Crippen molar-refractivity contribution in [3.63, 3.8) is 0 Å². The van der Waals surface area contributed by atoms with Crippen LogP contribution in [0.3, 0.4) is 0 Å². The zero-order chi connectivity index (χ0) is 12.9. The van der Waals surface area contributed by atoms with Crippen LogP contribution in [0, 0.1) is 0 Å². The molecule has 2 heterocycles. The van der Waals surface area contributed by atoms with E-state index in [1.807, 2.05) is 29.2 Å². The highest BCUT2D eigenvalue weighted by molar-refractivity contribution is 5.56. The zero-order valence-corrected chi connectivity index (χ0v) is 11.1. The third-order valence-corrected chi connectivity index (χ3v) is 3.72. The third-order valence-electron chi connectivity index (χ3n) is 3.72. The van der Waals surface area contributed by atoms with Crippen molar-refractivity contribution in [1.29, 1.82) is 0 Å². The second-order valence-electron chi connectivity index (χ2n) is 5.16. The van der Waals surface area contributed by atoms with Crippen LogP contribution < -0.4 is 5.32 Å². The number of pyridine rings is 1. The predicted octanol–water partition coefficient (Wildman–Crippen LogP) is 3.40. The molecule has 4 nitrogen and oxygen atoms in total. The Balaban J connectivity index is 1.80. The monoisotopic (exact) mass is 256 g/mol. The van der Waals surface area contributed by atoms with E-state index in [2.05, 4.69) is 21.5 Å². The standard InChI is InChI=1S/C15H20N4/c1-2-4-8-13(7-3-1)18-14-9-5-10-16-15(14)19-12-6-11-17-19/h5-6,9-13,18H,1-4,7-8H2. The fourth-order valence-corrected chi connectivity index (χ4v) is 2.73. The Labute approximate surface area is 113 Å². The van der Waals surface area contributed by atoms with Crippen molar-refractivity contribution in [2.75, 3.05) is 5.32 Å². The van der Waals surface area contributed by atoms with Crippen LogP contribution in [0.4, 0.5) is 5.69 Å². The van der Waals surface area contributed by atoms with E-state index in [1.165, 1.54) is 38.5 Å². The molecule has 0 spiro atoms. The summed E-state index contributed by atoms with van der Waals surface area (Å²) in [5.74, 6) is 0.886. The quantitative estimate of drug-likeness (QED) is 0.856. The van der Waals surface area contributed by atoms with E-state index in [1.54, 1.807) is 6.20 Å². The molecule has 1 N–H and O–H groups in total. The van der Waals surface area contributed by atoms with Gasteiger partial charge >= 0.3 is 0 Å². The third kappa shape index (κ3) is 2.95. The van der Waals surface area contributed by atoms with Crippen LogP contribution in [0.1, 0.15) is 38.5 Å². The number of hydrogen-bond acceptors (Lipinski definition) is 3. The van der Waals surface area contributed by atoms with Gasteiger partial charge in [-0.3, -0.25) is 0 Å². The maximum atomic E-state index is 4.45. The summed E-state index contributed by atoms with van der Waals surface area (Å²) in [6, 6.07) is 6.56. The maximum absolute atomic E-state index is 4.45. The van der Waals surface area contributed by atoms with Crippen molar-refractivity contribution in [3.8, 4) is 5.82 Å². The fraction of sp³-hybridized carbons (Fsp3) is 0.467. The number of nitrogens with one attached hydrogen (secondary N) is 1. The second-order valence-corrected chi connectivity index (χ2v) is 5.16. The van der Waals surface area contributed by atoms with Gasteiger partial charge in [-0.1, -0.05) is 25.7 Å². The molecule has 0 aromatic carbocycles. The Bertz CT molecular complexity index is 499. The van der Waals surface area contributed by atoms with Gasteiger partial charge in [0, 0.05) is 24.6 Å². The van der Waals surface area contributed by atoms with Crippen molar-refractivity contribution < 1.29 is 0 Å². The molecule has 19 heavy (non-hydrogen) atoms. The first-order valence-corrected chi connectivity index (χ1v) is 7.15. The average Bonchev–Trinajstić information content (AvgIpc) is 2.85. The highest BCUT2D eigenvalue weighted by atomic mass is 15.3. The second kappa shape index (κ2) is 5.87. The largest absolute Gasteiger partial charge is 0.379 e. The summed E-state index contributed by atoms with van der Waals surface area (Å²) in [6.07, 6.45) is 13.4. The van der Waals surface area contributed by atoms with E-state index in [4.69, 9.17) is 0 Å². The molecule has 0 amide bonds. The number of anilines is 1. The number of hydrogen-bond donors (Lipinski definition) is 1. The van der Waals surface area contributed by atoms with Crippen LogP contribution in [0.15, 0.2) is 36.8 Å². The van der Waals surface area contributed by atoms with Crippen LogP contribution in [0.2, 0.25) is 0 Å². The van der Waals surface area contributed by atoms with E-state index >= 15 is 0 Å². The van der Waals surface area contributed by atoms with Crippen molar-refractivity contribution >= 4 is 5.69 Å². The molecule has 1 fully saturated rings. The Hall–Kier alpha value is -1.84. The van der Waals surface area contributed by atoms with Gasteiger partial charge in [0.25, 0.3) is 0 Å². The summed E-state index contributed by atoms with van der Waals surface area (Å²) >= 11 is 0. The summed E-state index contributed by atoms with van der Waals surface area (Å²) in [5.41, 5.74) is 1.08. The maximum Gasteiger partial charge on any atom is 0.176 e. The van der Waals surface area contributed by atoms with Crippen molar-refractivity contribution in [2.24, 2.45) is 0 Å². The van der Waals surface area contributed by atoms with E-state index in [0.717, 1.165) is 11.5 Å². The lowest BCUT2D eigenvalue weighted by Gasteiger charge is -2.19. The molecule has 0 radical (unpaired) electrons. The van der Waals surface area contributed by atoms with Crippen LogP contribution in [-0.2, 0) is 0 Å². The zero-order valence-electron chi connectivity index (χ0n) is 11.1. The van der Waals surface area contributed by atoms with E-state index in [0.29, 0.717) is 6.04 Å². The van der Waals surface area contributed by atoms with Gasteiger partial charge in [-0.25, -0.2) is 9.67 Å². The van der Waals surface area contributed by atoms with Gasteiger partial charge in [0.05, 0.1) is 5.69 Å². The SMILES string of the molecule is c1cnc(-n2cccn2)c(NC2CCCCCC2)c1. The molecular formula is C15H20N4. The van der Waals surface area contributed by atoms with Crippen LogP contribution in [0.5, 0.6) is 0 Å². The molecule has 3 rings (SSSR count). The molecule has 0 unspecified atom stereocenters. The molecule has 0 saturated heterocycles. The number of rotatable bonds is 3. The Morgan fingerprint density at radius 3 is 2.63 bits per heavy atom. The first-order valence-electron chi connectivity index (χ1n) is 7.15. The molecule has 0 bridgehead atoms. The molecular weight excluding hydrogens is 236 g/mol. The molecule has 4 heteroatoms. The topological polar surface area (TPSA) is 42.7 Å². The van der Waals surface area contributed by atoms with Crippen LogP contribution in [0.25, 0.3) is 5.82 Å². The summed E-state index contributed by atoms with van der Waals surface area (Å²) < 4.78 is 1.82. The highest BCUT2D eigenvalue weighted by Crippen LogP contribution is 2.23. The Morgan fingerprint density at radius 2 is 1.89 bits per heavy atom. The highest BCUT2D eigenvalue weighted by Gasteiger charge is 2.14. The van der Waals surface area contributed by atoms with Crippen LogP contribution >= 0.6 is 0 Å². The first-order chi connectivity index (χ1) is 9.43. The van der Waals surface area contributed by atoms with Gasteiger partial charge in [0.15, 0.2) is 5.82 Å². The molecule has 1 aliphatic carbocycles. The minimum atomic E-state index is 0.570. The lowest BCUT2D eigenvalue weighted by molar-refractivity contribution is 0.618. The van der Waals surface area contributed by atoms with E-state index in [-0.39, 0.29) is 0 Å². The van der Waals surface area contributed by atoms with Gasteiger partial charge in [-0.15, -0.1) is 0 Å². The number of nitrogens with zero attached hydrogens (tertiary/aromatic N) is 3. The fourth-order valence-electron chi connectivity index (χ4n) is 2.73. The molecule has 0 atom stereocenters. The molecule has 2 aromatic heterocycles. The summed E-state index contributed by atoms with van der Waals surface area (Å²) in [6.45, 7) is 0. The molecule has 2 aromatic rings. The summed E-state index contributed by atoms with van der Waals surface area (Å²) in [7, 11) is 0. The number of aromatic nitrogens is 3. The normalized spacial score (nSPS) is 17.1. The summed E-state index contributed by atoms with van der Waals surface area (Å²) in [5, 5.41) is 7.93. The average molecular weight is 256 g/mol. The van der Waals surface area contributed by atoms with Crippen molar-refractivity contribution in [3.05, 3.63) is 36.8 Å². The molecule has 1 saturated carbocycles. The van der Waals surface area contributed by atoms with Gasteiger partial charge < -0.3 is 5.32 Å². The minimum absolute atomic E-state index is 0.570. The van der Waals surface area contributed by atoms with Gasteiger partial charge in [-0.2, -0.15) is 5.10 Å². The first kappa shape index (κ1) is 12.2. The molecule has 1 aliphatic rings. The van der Waals surface area contributed by atoms with Crippen LogP contribution in [-0.4, -0.2) is 20.8 Å². The minimum Gasteiger partial charge on any atom is -0.379 e. The smallest absolute Gasteiger partial charge is 0.176 e. The lowest BCUT2D eigenvalue weighted by Crippen LogP contribution is -2.20. The lowest BCUT2D eigenvalue weighted by atomic mass is 10.1. The molecule has 100 valence electrons. The van der Waals surface area contributed by atoms with Crippen molar-refractivity contribution in [1.82, 2.24) is 14.8 Å².